The van der Waals surface area contributed by atoms with Crippen LogP contribution in [0, 0.1) is 10.1 Å². The Morgan fingerprint density at radius 1 is 1.44 bits per heavy atom. The van der Waals surface area contributed by atoms with Crippen LogP contribution in [0.4, 0.5) is 5.69 Å². The van der Waals surface area contributed by atoms with E-state index in [1.807, 2.05) is 0 Å². The van der Waals surface area contributed by atoms with Crippen LogP contribution in [0.5, 0.6) is 0 Å². The summed E-state index contributed by atoms with van der Waals surface area (Å²) in [5.41, 5.74) is -0.0563. The van der Waals surface area contributed by atoms with Crippen LogP contribution in [0.2, 0.25) is 0 Å². The second-order valence-corrected chi connectivity index (χ2v) is 3.22. The molecule has 2 atom stereocenters. The smallest absolute Gasteiger partial charge is 0.287 e. The van der Waals surface area contributed by atoms with Gasteiger partial charge in [0.05, 0.1) is 16.7 Å². The van der Waals surface area contributed by atoms with Crippen LogP contribution < -0.4 is 0 Å². The first kappa shape index (κ1) is 12.5. The largest absolute Gasteiger partial charge is 0.396 e. The molecule has 16 heavy (non-hydrogen) atoms. The number of aromatic nitrogens is 1. The molecule has 0 aliphatic carbocycles. The van der Waals surface area contributed by atoms with E-state index in [1.165, 1.54) is 12.1 Å². The SMILES string of the molecule is O=[N+]([O-])c1ccc(C(O)C(O)CCO)nc1. The zero-order valence-corrected chi connectivity index (χ0v) is 8.35. The standard InChI is InChI=1S/C9H12N2O5/c12-4-3-8(13)9(14)7-2-1-6(5-10-7)11(15)16/h1-2,5,8-9,12-14H,3-4H2. The Morgan fingerprint density at radius 2 is 2.12 bits per heavy atom. The van der Waals surface area contributed by atoms with Gasteiger partial charge < -0.3 is 15.3 Å². The minimum absolute atomic E-state index is 0.0137. The minimum atomic E-state index is -1.26. The average molecular weight is 228 g/mol. The zero-order valence-electron chi connectivity index (χ0n) is 8.35. The van der Waals surface area contributed by atoms with Crippen LogP contribution in [0.1, 0.15) is 18.2 Å². The highest BCUT2D eigenvalue weighted by atomic mass is 16.6. The first-order valence-electron chi connectivity index (χ1n) is 4.63. The Labute approximate surface area is 91.1 Å². The van der Waals surface area contributed by atoms with Crippen LogP contribution in [-0.2, 0) is 0 Å². The van der Waals surface area contributed by atoms with E-state index >= 15 is 0 Å². The predicted octanol–water partition coefficient (Wildman–Crippen LogP) is -0.233. The lowest BCUT2D eigenvalue weighted by atomic mass is 10.1. The topological polar surface area (TPSA) is 117 Å². The monoisotopic (exact) mass is 228 g/mol. The molecule has 0 radical (unpaired) electrons. The van der Waals surface area contributed by atoms with Crippen LogP contribution >= 0.6 is 0 Å². The van der Waals surface area contributed by atoms with Crippen molar-refractivity contribution in [3.63, 3.8) is 0 Å². The van der Waals surface area contributed by atoms with Gasteiger partial charge in [0.25, 0.3) is 5.69 Å². The van der Waals surface area contributed by atoms with E-state index in [0.717, 1.165) is 6.20 Å². The third kappa shape index (κ3) is 2.96. The molecule has 2 unspecified atom stereocenters. The lowest BCUT2D eigenvalue weighted by Crippen LogP contribution is -2.20. The summed E-state index contributed by atoms with van der Waals surface area (Å²) in [6.07, 6.45) is -1.38. The molecule has 0 spiro atoms. The lowest BCUT2D eigenvalue weighted by molar-refractivity contribution is -0.385. The molecule has 0 aliphatic rings. The zero-order chi connectivity index (χ0) is 12.1. The molecule has 0 aliphatic heterocycles. The molecule has 3 N–H and O–H groups in total. The summed E-state index contributed by atoms with van der Waals surface area (Å²) in [6.45, 7) is -0.259. The molecule has 1 aromatic rings. The van der Waals surface area contributed by atoms with Crippen LogP contribution in [-0.4, -0.2) is 37.9 Å². The quantitative estimate of drug-likeness (QED) is 0.473. The normalized spacial score (nSPS) is 14.4. The van der Waals surface area contributed by atoms with E-state index in [2.05, 4.69) is 4.98 Å². The number of nitrogens with zero attached hydrogens (tertiary/aromatic N) is 2. The molecule has 7 heteroatoms. The highest BCUT2D eigenvalue weighted by molar-refractivity contribution is 5.27. The molecule has 1 heterocycles. The Bertz CT molecular complexity index is 353. The van der Waals surface area contributed by atoms with E-state index in [1.54, 1.807) is 0 Å². The van der Waals surface area contributed by atoms with Gasteiger partial charge in [-0.15, -0.1) is 0 Å². The molecule has 0 amide bonds. The van der Waals surface area contributed by atoms with Crippen molar-refractivity contribution in [3.05, 3.63) is 34.1 Å². The molecule has 1 rings (SSSR count). The van der Waals surface area contributed by atoms with Gasteiger partial charge in [-0.25, -0.2) is 0 Å². The van der Waals surface area contributed by atoms with Crippen molar-refractivity contribution < 1.29 is 20.2 Å². The van der Waals surface area contributed by atoms with Gasteiger partial charge >= 0.3 is 0 Å². The summed E-state index contributed by atoms with van der Waals surface area (Å²) in [6, 6.07) is 2.46. The maximum absolute atomic E-state index is 10.3. The van der Waals surface area contributed by atoms with Crippen molar-refractivity contribution in [2.24, 2.45) is 0 Å². The van der Waals surface area contributed by atoms with Crippen LogP contribution in [0.3, 0.4) is 0 Å². The molecule has 88 valence electrons. The van der Waals surface area contributed by atoms with Gasteiger partial charge in [-0.2, -0.15) is 0 Å². The number of rotatable bonds is 5. The number of hydrogen-bond acceptors (Lipinski definition) is 6. The number of pyridine rings is 1. The van der Waals surface area contributed by atoms with Gasteiger partial charge in [-0.05, 0) is 12.5 Å². The third-order valence-electron chi connectivity index (χ3n) is 2.07. The fourth-order valence-electron chi connectivity index (χ4n) is 1.17. The van der Waals surface area contributed by atoms with Crippen LogP contribution in [0.15, 0.2) is 18.3 Å². The summed E-state index contributed by atoms with van der Waals surface area (Å²) >= 11 is 0. The molecule has 0 fully saturated rings. The van der Waals surface area contributed by atoms with E-state index in [-0.39, 0.29) is 24.4 Å². The molecular formula is C9H12N2O5. The number of hydrogen-bond donors (Lipinski definition) is 3. The molecule has 0 saturated carbocycles. The predicted molar refractivity (Wildman–Crippen MR) is 53.6 cm³/mol. The van der Waals surface area contributed by atoms with Gasteiger partial charge in [-0.3, -0.25) is 15.1 Å². The Morgan fingerprint density at radius 3 is 2.56 bits per heavy atom. The summed E-state index contributed by atoms with van der Waals surface area (Å²) < 4.78 is 0. The van der Waals surface area contributed by atoms with Crippen molar-refractivity contribution >= 4 is 5.69 Å². The molecule has 0 saturated heterocycles. The van der Waals surface area contributed by atoms with Gasteiger partial charge in [0, 0.05) is 12.7 Å². The van der Waals surface area contributed by atoms with E-state index < -0.39 is 17.1 Å². The highest BCUT2D eigenvalue weighted by Crippen LogP contribution is 2.18. The molecule has 0 bridgehead atoms. The first-order chi connectivity index (χ1) is 7.56. The Balaban J connectivity index is 2.77. The van der Waals surface area contributed by atoms with Crippen molar-refractivity contribution in [1.29, 1.82) is 0 Å². The maximum atomic E-state index is 10.3. The highest BCUT2D eigenvalue weighted by Gasteiger charge is 2.19. The van der Waals surface area contributed by atoms with Gasteiger partial charge in [0.15, 0.2) is 0 Å². The third-order valence-corrected chi connectivity index (χ3v) is 2.07. The summed E-state index contributed by atoms with van der Waals surface area (Å²) in [5.74, 6) is 0. The summed E-state index contributed by atoms with van der Waals surface area (Å²) in [5, 5.41) is 37.8. The first-order valence-corrected chi connectivity index (χ1v) is 4.63. The van der Waals surface area contributed by atoms with Crippen molar-refractivity contribution in [2.75, 3.05) is 6.61 Å². The maximum Gasteiger partial charge on any atom is 0.287 e. The van der Waals surface area contributed by atoms with Gasteiger partial charge in [0.2, 0.25) is 0 Å². The fraction of sp³-hybridized carbons (Fsp3) is 0.444. The second kappa shape index (κ2) is 5.50. The summed E-state index contributed by atoms with van der Waals surface area (Å²) in [4.78, 5) is 13.4. The van der Waals surface area contributed by atoms with Crippen molar-refractivity contribution in [2.45, 2.75) is 18.6 Å². The number of aliphatic hydroxyl groups excluding tert-OH is 3. The van der Waals surface area contributed by atoms with Gasteiger partial charge in [-0.1, -0.05) is 0 Å². The molecule has 7 nitrogen and oxygen atoms in total. The Hall–Kier alpha value is -1.57. The number of aliphatic hydroxyl groups is 3. The molecular weight excluding hydrogens is 216 g/mol. The second-order valence-electron chi connectivity index (χ2n) is 3.22. The molecule has 0 aromatic carbocycles. The van der Waals surface area contributed by atoms with Gasteiger partial charge in [0.1, 0.15) is 12.3 Å². The van der Waals surface area contributed by atoms with Crippen molar-refractivity contribution in [1.82, 2.24) is 4.98 Å². The van der Waals surface area contributed by atoms with E-state index in [0.29, 0.717) is 0 Å². The minimum Gasteiger partial charge on any atom is -0.396 e. The lowest BCUT2D eigenvalue weighted by Gasteiger charge is -2.15. The fourth-order valence-corrected chi connectivity index (χ4v) is 1.17. The molecule has 1 aromatic heterocycles. The average Bonchev–Trinajstić information content (AvgIpc) is 2.28. The van der Waals surface area contributed by atoms with Crippen molar-refractivity contribution in [3.8, 4) is 0 Å². The van der Waals surface area contributed by atoms with E-state index in [4.69, 9.17) is 5.11 Å². The number of nitro groups is 1. The Kier molecular flexibility index (Phi) is 4.29. The summed E-state index contributed by atoms with van der Waals surface area (Å²) in [7, 11) is 0. The van der Waals surface area contributed by atoms with E-state index in [9.17, 15) is 20.3 Å². The van der Waals surface area contributed by atoms with Crippen LogP contribution in [0.25, 0.3) is 0 Å².